The second-order valence-electron chi connectivity index (χ2n) is 17.9. The number of sulfonamides is 1. The minimum atomic E-state index is -4.89. The minimum absolute atomic E-state index is 0.0800. The second kappa shape index (κ2) is 15.0. The molecule has 1 saturated heterocycles. The number of hydrogen-bond donors (Lipinski definition) is 2. The van der Waals surface area contributed by atoms with E-state index < -0.39 is 91.8 Å². The van der Waals surface area contributed by atoms with Gasteiger partial charge >= 0.3 is 12.1 Å². The molecule has 4 heterocycles. The first kappa shape index (κ1) is 42.8. The number of benzene rings is 1. The number of nitrogens with one attached hydrogen (secondary N) is 2. The molecule has 1 spiro atoms. The molecule has 2 aliphatic carbocycles. The average Bonchev–Trinajstić information content (AvgIpc) is 4.04. The smallest absolute Gasteiger partial charge is 0.427 e. The highest BCUT2D eigenvalue weighted by Gasteiger charge is 2.64. The molecule has 1 aromatic heterocycles. The number of aromatic nitrogens is 1. The maximum Gasteiger partial charge on any atom is 0.427 e. The zero-order chi connectivity index (χ0) is 42.9. The quantitative estimate of drug-likeness (QED) is 0.180. The third-order valence-corrected chi connectivity index (χ3v) is 15.2. The summed E-state index contributed by atoms with van der Waals surface area (Å²) in [5, 5.41) is 3.36. The number of nitrogens with zero attached hydrogens (tertiary/aromatic N) is 2. The molecule has 5 aliphatic rings. The van der Waals surface area contributed by atoms with Crippen LogP contribution in [-0.2, 0) is 40.4 Å². The molecule has 1 aromatic carbocycles. The van der Waals surface area contributed by atoms with Crippen LogP contribution in [0.1, 0.15) is 121 Å². The summed E-state index contributed by atoms with van der Waals surface area (Å²) < 4.78 is 97.1. The van der Waals surface area contributed by atoms with Gasteiger partial charge in [0.2, 0.25) is 27.4 Å². The SMILES string of the molecule is CCc1ccc2nc(C)c3c(c2c1)C(F)C[C@]1(C[C@H]2C(=O)N[C@]4(C(=O)NS(=O)(=O)C5(C)CC5)C[C@H]4/C=C\CCCCC[C@H](CC(=O)OC(C)(C)C(F)(F)F)C(=O)N2C1)O3. The standard InChI is InChI=1S/C42H52F4N4O8S/c1-6-25-14-15-30-28(18-25)33-29(43)21-40(58-34(33)24(2)47-30)22-31-35(52)48-41(37(54)49-59(55,56)39(5)16-17-39)20-27(41)13-11-9-7-8-10-12-26(36(53)50(31)23-40)19-32(51)57-38(3,4)42(44,45)46/h11,13-15,18,26-27,29,31H,6-10,12,16-17,19-23H2,1-5H3,(H,48,52)(H,49,54)/b13-11-/t26-,27-,29?,31+,40-,41-/m1/s1. The number of rotatable bonds is 7. The van der Waals surface area contributed by atoms with Crippen LogP contribution in [0.25, 0.3) is 10.9 Å². The van der Waals surface area contributed by atoms with Crippen molar-refractivity contribution in [2.24, 2.45) is 11.8 Å². The highest BCUT2D eigenvalue weighted by atomic mass is 32.2. The van der Waals surface area contributed by atoms with Crippen LogP contribution in [0.5, 0.6) is 5.75 Å². The fourth-order valence-corrected chi connectivity index (χ4v) is 10.0. The van der Waals surface area contributed by atoms with Crippen molar-refractivity contribution in [2.45, 2.75) is 152 Å². The number of hydrogen-bond acceptors (Lipinski definition) is 9. The largest absolute Gasteiger partial charge is 0.483 e. The van der Waals surface area contributed by atoms with Gasteiger partial charge in [0, 0.05) is 35.6 Å². The molecular weight excluding hydrogens is 797 g/mol. The predicted octanol–water partition coefficient (Wildman–Crippen LogP) is 6.52. The van der Waals surface area contributed by atoms with E-state index in [0.717, 1.165) is 5.56 Å². The average molecular weight is 849 g/mol. The highest BCUT2D eigenvalue weighted by molar-refractivity contribution is 7.91. The van der Waals surface area contributed by atoms with Crippen molar-refractivity contribution in [3.05, 3.63) is 47.2 Å². The van der Waals surface area contributed by atoms with E-state index in [-0.39, 0.29) is 38.0 Å². The van der Waals surface area contributed by atoms with Crippen molar-refractivity contribution in [2.75, 3.05) is 6.54 Å². The number of allylic oxidation sites excluding steroid dienone is 1. The molecule has 3 amide bonds. The topological polar surface area (TPSA) is 161 Å². The summed E-state index contributed by atoms with van der Waals surface area (Å²) in [5.41, 5.74) is -3.79. The Morgan fingerprint density at radius 2 is 1.83 bits per heavy atom. The number of alkyl halides is 4. The van der Waals surface area contributed by atoms with E-state index in [1.54, 1.807) is 13.0 Å². The van der Waals surface area contributed by atoms with Gasteiger partial charge < -0.3 is 19.7 Å². The third-order valence-electron chi connectivity index (χ3n) is 13.0. The number of esters is 1. The summed E-state index contributed by atoms with van der Waals surface area (Å²) in [6.45, 7) is 6.27. The Morgan fingerprint density at radius 3 is 2.51 bits per heavy atom. The molecule has 3 aliphatic heterocycles. The predicted molar refractivity (Wildman–Crippen MR) is 208 cm³/mol. The molecule has 322 valence electrons. The molecule has 1 unspecified atom stereocenters. The summed E-state index contributed by atoms with van der Waals surface area (Å²) in [5.74, 6) is -5.34. The molecule has 2 saturated carbocycles. The van der Waals surface area contributed by atoms with E-state index >= 15 is 4.39 Å². The number of amides is 3. The first-order valence-electron chi connectivity index (χ1n) is 20.4. The van der Waals surface area contributed by atoms with Gasteiger partial charge in [0.25, 0.3) is 5.91 Å². The van der Waals surface area contributed by atoms with Gasteiger partial charge in [0.1, 0.15) is 29.1 Å². The van der Waals surface area contributed by atoms with Crippen molar-refractivity contribution < 1.29 is 54.6 Å². The van der Waals surface area contributed by atoms with Crippen LogP contribution >= 0.6 is 0 Å². The maximum absolute atomic E-state index is 16.8. The van der Waals surface area contributed by atoms with E-state index in [9.17, 15) is 40.8 Å². The lowest BCUT2D eigenvalue weighted by Crippen LogP contribution is -2.57. The molecule has 0 bridgehead atoms. The molecule has 2 aromatic rings. The van der Waals surface area contributed by atoms with Crippen LogP contribution < -0.4 is 14.8 Å². The first-order chi connectivity index (χ1) is 27.5. The number of halogens is 4. The fourth-order valence-electron chi connectivity index (χ4n) is 8.72. The maximum atomic E-state index is 16.8. The van der Waals surface area contributed by atoms with E-state index in [1.807, 2.05) is 31.2 Å². The van der Waals surface area contributed by atoms with Crippen molar-refractivity contribution in [3.63, 3.8) is 0 Å². The molecule has 0 radical (unpaired) electrons. The van der Waals surface area contributed by atoms with Crippen LogP contribution in [-0.4, -0.2) is 82.2 Å². The Hall–Kier alpha value is -4.28. The number of carbonyl (C=O) groups excluding carboxylic acids is 4. The molecular formula is C42H52F4N4O8S. The molecule has 12 nitrogen and oxygen atoms in total. The van der Waals surface area contributed by atoms with Gasteiger partial charge in [-0.3, -0.25) is 23.9 Å². The number of ether oxygens (including phenoxy) is 2. The van der Waals surface area contributed by atoms with Crippen molar-refractivity contribution >= 4 is 44.6 Å². The van der Waals surface area contributed by atoms with Crippen LogP contribution in [0.4, 0.5) is 17.6 Å². The second-order valence-corrected chi connectivity index (χ2v) is 20.1. The summed E-state index contributed by atoms with van der Waals surface area (Å²) in [4.78, 5) is 62.4. The Morgan fingerprint density at radius 1 is 1.10 bits per heavy atom. The molecule has 3 fully saturated rings. The van der Waals surface area contributed by atoms with E-state index in [1.165, 1.54) is 11.8 Å². The molecule has 2 N–H and O–H groups in total. The van der Waals surface area contributed by atoms with Gasteiger partial charge in [0.15, 0.2) is 0 Å². The highest BCUT2D eigenvalue weighted by Crippen LogP contribution is 2.52. The molecule has 17 heteroatoms. The van der Waals surface area contributed by atoms with E-state index in [2.05, 4.69) is 15.0 Å². The van der Waals surface area contributed by atoms with Gasteiger partial charge in [-0.1, -0.05) is 38.0 Å². The zero-order valence-electron chi connectivity index (χ0n) is 34.0. The Labute approximate surface area is 341 Å². The lowest BCUT2D eigenvalue weighted by molar-refractivity contribution is -0.257. The van der Waals surface area contributed by atoms with Crippen molar-refractivity contribution in [1.82, 2.24) is 19.9 Å². The Balaban J connectivity index is 1.25. The minimum Gasteiger partial charge on any atom is -0.483 e. The molecule has 59 heavy (non-hydrogen) atoms. The monoisotopic (exact) mass is 848 g/mol. The van der Waals surface area contributed by atoms with Crippen LogP contribution in [0.15, 0.2) is 30.4 Å². The molecule has 7 rings (SSSR count). The first-order valence-corrected chi connectivity index (χ1v) is 21.9. The normalized spacial score (nSPS) is 30.2. The molecule has 6 atom stereocenters. The van der Waals surface area contributed by atoms with Gasteiger partial charge in [-0.2, -0.15) is 13.2 Å². The van der Waals surface area contributed by atoms with Gasteiger partial charge in [-0.15, -0.1) is 0 Å². The summed E-state index contributed by atoms with van der Waals surface area (Å²) in [7, 11) is -4.10. The zero-order valence-corrected chi connectivity index (χ0v) is 34.8. The summed E-state index contributed by atoms with van der Waals surface area (Å²) in [6.07, 6.45) is -0.361. The Bertz CT molecular complexity index is 2210. The van der Waals surface area contributed by atoms with Gasteiger partial charge in [-0.25, -0.2) is 17.8 Å². The van der Waals surface area contributed by atoms with Crippen LogP contribution in [0, 0.1) is 18.8 Å². The van der Waals surface area contributed by atoms with E-state index in [0.29, 0.717) is 81.0 Å². The summed E-state index contributed by atoms with van der Waals surface area (Å²) >= 11 is 0. The van der Waals surface area contributed by atoms with Gasteiger partial charge in [0.05, 0.1) is 28.9 Å². The van der Waals surface area contributed by atoms with Crippen molar-refractivity contribution in [3.8, 4) is 5.75 Å². The lowest BCUT2D eigenvalue weighted by atomic mass is 9.85. The van der Waals surface area contributed by atoms with Gasteiger partial charge in [-0.05, 0) is 90.3 Å². The fraction of sp³-hybridized carbons (Fsp3) is 0.643. The van der Waals surface area contributed by atoms with Crippen LogP contribution in [0.3, 0.4) is 0 Å². The lowest BCUT2D eigenvalue weighted by Gasteiger charge is -2.38. The Kier molecular flexibility index (Phi) is 10.9. The number of pyridine rings is 1. The third kappa shape index (κ3) is 8.04. The van der Waals surface area contributed by atoms with E-state index in [4.69, 9.17) is 9.47 Å². The number of carbonyl (C=O) groups is 4. The summed E-state index contributed by atoms with van der Waals surface area (Å²) in [6, 6.07) is 4.19. The number of aryl methyl sites for hydroxylation is 2. The van der Waals surface area contributed by atoms with Crippen molar-refractivity contribution in [1.29, 1.82) is 0 Å². The number of fused-ring (bicyclic) bond motifs is 5. The van der Waals surface area contributed by atoms with Crippen LogP contribution in [0.2, 0.25) is 0 Å².